The van der Waals surface area contributed by atoms with E-state index in [1.807, 2.05) is 48.7 Å². The minimum Gasteiger partial charge on any atom is -0.256 e. The van der Waals surface area contributed by atoms with Gasteiger partial charge in [0.05, 0.1) is 11.4 Å². The molecule has 3 heteroatoms. The van der Waals surface area contributed by atoms with Gasteiger partial charge in [-0.15, -0.1) is 5.10 Å². The third-order valence-corrected chi connectivity index (χ3v) is 4.41. The van der Waals surface area contributed by atoms with Crippen molar-refractivity contribution in [1.29, 1.82) is 0 Å². The molecule has 4 aromatic rings. The van der Waals surface area contributed by atoms with Gasteiger partial charge in [-0.25, -0.2) is 0 Å². The third kappa shape index (κ3) is 3.00. The van der Waals surface area contributed by atoms with Crippen molar-refractivity contribution in [3.63, 3.8) is 0 Å². The lowest BCUT2D eigenvalue weighted by molar-refractivity contribution is 0.927. The van der Waals surface area contributed by atoms with Gasteiger partial charge in [0.1, 0.15) is 5.69 Å². The van der Waals surface area contributed by atoms with E-state index in [0.717, 1.165) is 45.8 Å². The van der Waals surface area contributed by atoms with Crippen molar-refractivity contribution in [3.05, 3.63) is 90.8 Å². The fraction of sp³-hybridized carbons (Fsp3) is 0.0870. The Kier molecular flexibility index (Phi) is 4.52. The highest BCUT2D eigenvalue weighted by Gasteiger charge is 2.20. The maximum Gasteiger partial charge on any atom is 0.101 e. The van der Waals surface area contributed by atoms with Crippen LogP contribution in [0.3, 0.4) is 0 Å². The SMILES string of the molecule is CCc1nnc(-c2ccccc2)c(-c2ccccc2)c1-c1ccccn1. The van der Waals surface area contributed by atoms with Crippen LogP contribution >= 0.6 is 0 Å². The zero-order valence-electron chi connectivity index (χ0n) is 14.6. The van der Waals surface area contributed by atoms with E-state index in [-0.39, 0.29) is 0 Å². The number of pyridine rings is 1. The first-order valence-electron chi connectivity index (χ1n) is 8.80. The van der Waals surface area contributed by atoms with E-state index in [2.05, 4.69) is 58.5 Å². The monoisotopic (exact) mass is 337 g/mol. The molecule has 0 fully saturated rings. The molecule has 0 aliphatic carbocycles. The largest absolute Gasteiger partial charge is 0.256 e. The first kappa shape index (κ1) is 16.2. The van der Waals surface area contributed by atoms with Gasteiger partial charge in [-0.2, -0.15) is 5.10 Å². The fourth-order valence-corrected chi connectivity index (χ4v) is 3.19. The highest BCUT2D eigenvalue weighted by molar-refractivity contribution is 5.92. The summed E-state index contributed by atoms with van der Waals surface area (Å²) < 4.78 is 0. The maximum absolute atomic E-state index is 4.61. The Hall–Kier alpha value is -3.33. The molecule has 0 atom stereocenters. The molecule has 0 saturated heterocycles. The van der Waals surface area contributed by atoms with E-state index < -0.39 is 0 Å². The van der Waals surface area contributed by atoms with Crippen LogP contribution in [0.4, 0.5) is 0 Å². The summed E-state index contributed by atoms with van der Waals surface area (Å²) in [5.41, 5.74) is 7.10. The predicted molar refractivity (Wildman–Crippen MR) is 106 cm³/mol. The standard InChI is InChI=1S/C23H19N3/c1-2-19-22(20-15-9-10-16-24-20)21(17-11-5-3-6-12-17)23(26-25-19)18-13-7-4-8-14-18/h3-16H,2H2,1H3. The van der Waals surface area contributed by atoms with Crippen LogP contribution in [0, 0.1) is 0 Å². The average Bonchev–Trinajstić information content (AvgIpc) is 2.74. The second-order valence-corrected chi connectivity index (χ2v) is 6.05. The van der Waals surface area contributed by atoms with Crippen LogP contribution in [0.15, 0.2) is 85.1 Å². The van der Waals surface area contributed by atoms with Gasteiger partial charge in [-0.05, 0) is 24.1 Å². The van der Waals surface area contributed by atoms with Crippen molar-refractivity contribution >= 4 is 0 Å². The second-order valence-electron chi connectivity index (χ2n) is 6.05. The molecule has 0 radical (unpaired) electrons. The molecule has 2 aromatic carbocycles. The molecular weight excluding hydrogens is 318 g/mol. The lowest BCUT2D eigenvalue weighted by atomic mass is 9.91. The van der Waals surface area contributed by atoms with Gasteiger partial charge in [0.2, 0.25) is 0 Å². The van der Waals surface area contributed by atoms with Crippen LogP contribution in [0.5, 0.6) is 0 Å². The average molecular weight is 337 g/mol. The molecule has 2 heterocycles. The van der Waals surface area contributed by atoms with E-state index in [1.165, 1.54) is 0 Å². The molecular formula is C23H19N3. The number of aryl methyl sites for hydroxylation is 1. The Labute approximate surface area is 153 Å². The van der Waals surface area contributed by atoms with Gasteiger partial charge < -0.3 is 0 Å². The lowest BCUT2D eigenvalue weighted by Crippen LogP contribution is -2.03. The third-order valence-electron chi connectivity index (χ3n) is 4.41. The zero-order valence-corrected chi connectivity index (χ0v) is 14.6. The van der Waals surface area contributed by atoms with Gasteiger partial charge in [0.25, 0.3) is 0 Å². The summed E-state index contributed by atoms with van der Waals surface area (Å²) in [6.07, 6.45) is 2.62. The number of hydrogen-bond acceptors (Lipinski definition) is 3. The molecule has 0 unspecified atom stereocenters. The summed E-state index contributed by atoms with van der Waals surface area (Å²) >= 11 is 0. The minimum absolute atomic E-state index is 0.799. The minimum atomic E-state index is 0.799. The van der Waals surface area contributed by atoms with Gasteiger partial charge in [0.15, 0.2) is 0 Å². The molecule has 3 nitrogen and oxygen atoms in total. The van der Waals surface area contributed by atoms with Gasteiger partial charge in [-0.3, -0.25) is 4.98 Å². The Morgan fingerprint density at radius 2 is 1.31 bits per heavy atom. The maximum atomic E-state index is 4.61. The molecule has 0 amide bonds. The van der Waals surface area contributed by atoms with E-state index in [1.54, 1.807) is 0 Å². The van der Waals surface area contributed by atoms with Crippen LogP contribution in [-0.2, 0) is 6.42 Å². The first-order valence-corrected chi connectivity index (χ1v) is 8.80. The molecule has 4 rings (SSSR count). The Morgan fingerprint density at radius 3 is 1.92 bits per heavy atom. The van der Waals surface area contributed by atoms with Gasteiger partial charge in [-0.1, -0.05) is 73.7 Å². The second kappa shape index (κ2) is 7.28. The summed E-state index contributed by atoms with van der Waals surface area (Å²) in [4.78, 5) is 4.61. The Balaban J connectivity index is 2.09. The van der Waals surface area contributed by atoms with Gasteiger partial charge in [0, 0.05) is 22.9 Å². The van der Waals surface area contributed by atoms with Crippen LogP contribution in [-0.4, -0.2) is 15.2 Å². The van der Waals surface area contributed by atoms with Crippen molar-refractivity contribution in [1.82, 2.24) is 15.2 Å². The number of hydrogen-bond donors (Lipinski definition) is 0. The quantitative estimate of drug-likeness (QED) is 0.498. The Bertz CT molecular complexity index is 998. The fourth-order valence-electron chi connectivity index (χ4n) is 3.19. The van der Waals surface area contributed by atoms with Crippen LogP contribution in [0.25, 0.3) is 33.6 Å². The topological polar surface area (TPSA) is 38.7 Å². The van der Waals surface area contributed by atoms with Crippen molar-refractivity contribution in [3.8, 4) is 33.6 Å². The molecule has 0 spiro atoms. The summed E-state index contributed by atoms with van der Waals surface area (Å²) in [5.74, 6) is 0. The number of rotatable bonds is 4. The highest BCUT2D eigenvalue weighted by Crippen LogP contribution is 2.39. The normalized spacial score (nSPS) is 10.7. The summed E-state index contributed by atoms with van der Waals surface area (Å²) in [6.45, 7) is 2.10. The van der Waals surface area contributed by atoms with Crippen LogP contribution < -0.4 is 0 Å². The van der Waals surface area contributed by atoms with Gasteiger partial charge >= 0.3 is 0 Å². The van der Waals surface area contributed by atoms with E-state index >= 15 is 0 Å². The van der Waals surface area contributed by atoms with Crippen LogP contribution in [0.1, 0.15) is 12.6 Å². The molecule has 0 bridgehead atoms. The van der Waals surface area contributed by atoms with Crippen molar-refractivity contribution in [2.24, 2.45) is 0 Å². The van der Waals surface area contributed by atoms with Crippen LogP contribution in [0.2, 0.25) is 0 Å². The van der Waals surface area contributed by atoms with E-state index in [0.29, 0.717) is 0 Å². The molecule has 0 N–H and O–H groups in total. The van der Waals surface area contributed by atoms with Crippen molar-refractivity contribution in [2.45, 2.75) is 13.3 Å². The molecule has 0 aliphatic heterocycles. The molecule has 0 aliphatic rings. The van der Waals surface area contributed by atoms with Crippen molar-refractivity contribution < 1.29 is 0 Å². The lowest BCUT2D eigenvalue weighted by Gasteiger charge is -2.16. The first-order chi connectivity index (χ1) is 12.9. The highest BCUT2D eigenvalue weighted by atomic mass is 15.1. The molecule has 26 heavy (non-hydrogen) atoms. The molecule has 0 saturated carbocycles. The summed E-state index contributed by atoms with van der Waals surface area (Å²) in [6, 6.07) is 26.6. The smallest absolute Gasteiger partial charge is 0.101 e. The predicted octanol–water partition coefficient (Wildman–Crippen LogP) is 5.44. The zero-order chi connectivity index (χ0) is 17.8. The summed E-state index contributed by atoms with van der Waals surface area (Å²) in [5, 5.41) is 9.15. The molecule has 126 valence electrons. The molecule has 2 aromatic heterocycles. The number of aromatic nitrogens is 3. The summed E-state index contributed by atoms with van der Waals surface area (Å²) in [7, 11) is 0. The van der Waals surface area contributed by atoms with E-state index in [4.69, 9.17) is 0 Å². The number of nitrogens with zero attached hydrogens (tertiary/aromatic N) is 3. The number of benzene rings is 2. The van der Waals surface area contributed by atoms with Crippen molar-refractivity contribution in [2.75, 3.05) is 0 Å². The Morgan fingerprint density at radius 1 is 0.654 bits per heavy atom. The van der Waals surface area contributed by atoms with E-state index in [9.17, 15) is 0 Å².